The summed E-state index contributed by atoms with van der Waals surface area (Å²) in [6.07, 6.45) is 5.26. The molecule has 1 saturated heterocycles. The molecule has 5 heteroatoms. The second-order valence-electron chi connectivity index (χ2n) is 6.07. The number of hydrogen-bond acceptors (Lipinski definition) is 5. The van der Waals surface area contributed by atoms with Crippen LogP contribution >= 0.6 is 0 Å². The highest BCUT2D eigenvalue weighted by Crippen LogP contribution is 2.39. The molecule has 3 aliphatic rings. The Kier molecular flexibility index (Phi) is 3.39. The number of nitrogens with zero attached hydrogens (tertiary/aromatic N) is 1. The molecule has 0 spiro atoms. The smallest absolute Gasteiger partial charge is 0.231 e. The molecule has 2 heterocycles. The molecule has 4 rings (SSSR count). The Bertz CT molecular complexity index is 531. The second kappa shape index (κ2) is 5.39. The van der Waals surface area contributed by atoms with Gasteiger partial charge in [-0.3, -0.25) is 4.90 Å². The minimum Gasteiger partial charge on any atom is -0.507 e. The standard InChI is InChI=1S/C16H21NO4/c18-13-8-16-15(20-10-21-16)7-11(13)9-17-5-6-19-14-4-2-1-3-12(14)17/h7-8,12,14,18H,1-6,9-10H2/t12-,14+/m0/s1. The van der Waals surface area contributed by atoms with E-state index in [0.29, 0.717) is 17.9 Å². The average molecular weight is 291 g/mol. The molecule has 1 aromatic carbocycles. The van der Waals surface area contributed by atoms with E-state index in [1.54, 1.807) is 6.07 Å². The number of morpholine rings is 1. The monoisotopic (exact) mass is 291 g/mol. The molecular weight excluding hydrogens is 270 g/mol. The summed E-state index contributed by atoms with van der Waals surface area (Å²) in [5, 5.41) is 10.2. The van der Waals surface area contributed by atoms with Gasteiger partial charge in [0.2, 0.25) is 6.79 Å². The molecule has 2 atom stereocenters. The Morgan fingerprint density at radius 1 is 1.14 bits per heavy atom. The third kappa shape index (κ3) is 2.45. The molecule has 1 aliphatic carbocycles. The van der Waals surface area contributed by atoms with Crippen LogP contribution in [0.3, 0.4) is 0 Å². The Morgan fingerprint density at radius 2 is 1.95 bits per heavy atom. The SMILES string of the molecule is Oc1cc2c(cc1CN1CCO[C@@H]3CCCC[C@@H]31)OCO2. The van der Waals surface area contributed by atoms with E-state index in [0.717, 1.165) is 37.4 Å². The van der Waals surface area contributed by atoms with Gasteiger partial charge in [-0.25, -0.2) is 0 Å². The molecule has 0 radical (unpaired) electrons. The lowest BCUT2D eigenvalue weighted by molar-refractivity contribution is -0.0912. The first-order chi connectivity index (χ1) is 10.3. The van der Waals surface area contributed by atoms with Crippen LogP contribution in [0.5, 0.6) is 17.2 Å². The van der Waals surface area contributed by atoms with Crippen LogP contribution in [0.15, 0.2) is 12.1 Å². The van der Waals surface area contributed by atoms with E-state index < -0.39 is 0 Å². The van der Waals surface area contributed by atoms with Gasteiger partial charge in [-0.05, 0) is 18.9 Å². The maximum Gasteiger partial charge on any atom is 0.231 e. The van der Waals surface area contributed by atoms with E-state index in [1.807, 2.05) is 6.07 Å². The fourth-order valence-corrected chi connectivity index (χ4v) is 3.69. The summed E-state index contributed by atoms with van der Waals surface area (Å²) in [5.74, 6) is 1.66. The van der Waals surface area contributed by atoms with Crippen LogP contribution in [-0.4, -0.2) is 42.1 Å². The number of benzene rings is 1. The van der Waals surface area contributed by atoms with Crippen molar-refractivity contribution < 1.29 is 19.3 Å². The normalized spacial score (nSPS) is 28.4. The summed E-state index contributed by atoms with van der Waals surface area (Å²) >= 11 is 0. The third-order valence-electron chi connectivity index (χ3n) is 4.79. The van der Waals surface area contributed by atoms with E-state index in [2.05, 4.69) is 4.90 Å². The highest BCUT2D eigenvalue weighted by Gasteiger charge is 2.34. The number of rotatable bonds is 2. The molecule has 1 saturated carbocycles. The van der Waals surface area contributed by atoms with Crippen molar-refractivity contribution in [1.82, 2.24) is 4.90 Å². The molecule has 114 valence electrons. The predicted octanol–water partition coefficient (Wildman–Crippen LogP) is 2.26. The Balaban J connectivity index is 1.55. The van der Waals surface area contributed by atoms with Gasteiger partial charge in [0.05, 0.1) is 12.7 Å². The van der Waals surface area contributed by atoms with Gasteiger partial charge < -0.3 is 19.3 Å². The van der Waals surface area contributed by atoms with Crippen LogP contribution in [-0.2, 0) is 11.3 Å². The van der Waals surface area contributed by atoms with Crippen molar-refractivity contribution in [3.63, 3.8) is 0 Å². The Labute approximate surface area is 124 Å². The lowest BCUT2D eigenvalue weighted by atomic mass is 9.90. The number of fused-ring (bicyclic) bond motifs is 2. The maximum absolute atomic E-state index is 10.2. The third-order valence-corrected chi connectivity index (χ3v) is 4.79. The molecule has 2 fully saturated rings. The van der Waals surface area contributed by atoms with Crippen LogP contribution in [0.25, 0.3) is 0 Å². The lowest BCUT2D eigenvalue weighted by Crippen LogP contribution is -2.52. The van der Waals surface area contributed by atoms with E-state index >= 15 is 0 Å². The van der Waals surface area contributed by atoms with Gasteiger partial charge in [0.1, 0.15) is 5.75 Å². The van der Waals surface area contributed by atoms with Crippen molar-refractivity contribution in [2.45, 2.75) is 44.4 Å². The van der Waals surface area contributed by atoms with Gasteiger partial charge in [0.15, 0.2) is 11.5 Å². The molecule has 0 bridgehead atoms. The first-order valence-corrected chi connectivity index (χ1v) is 7.78. The average Bonchev–Trinajstić information content (AvgIpc) is 2.95. The summed E-state index contributed by atoms with van der Waals surface area (Å²) in [6.45, 7) is 2.69. The Morgan fingerprint density at radius 3 is 2.86 bits per heavy atom. The lowest BCUT2D eigenvalue weighted by Gasteiger charge is -2.43. The highest BCUT2D eigenvalue weighted by atomic mass is 16.7. The number of phenolic OH excluding ortho intramolecular Hbond substituents is 1. The van der Waals surface area contributed by atoms with Crippen molar-refractivity contribution in [3.05, 3.63) is 17.7 Å². The molecule has 0 amide bonds. The van der Waals surface area contributed by atoms with Gasteiger partial charge >= 0.3 is 0 Å². The number of aromatic hydroxyl groups is 1. The summed E-state index contributed by atoms with van der Waals surface area (Å²) in [4.78, 5) is 2.45. The van der Waals surface area contributed by atoms with Crippen LogP contribution in [0.1, 0.15) is 31.2 Å². The number of ether oxygens (including phenoxy) is 3. The molecule has 2 aliphatic heterocycles. The summed E-state index contributed by atoms with van der Waals surface area (Å²) in [7, 11) is 0. The van der Waals surface area contributed by atoms with Crippen molar-refractivity contribution in [2.75, 3.05) is 19.9 Å². The van der Waals surface area contributed by atoms with E-state index in [-0.39, 0.29) is 12.5 Å². The van der Waals surface area contributed by atoms with Crippen molar-refractivity contribution in [3.8, 4) is 17.2 Å². The Hall–Kier alpha value is -1.46. The molecule has 5 nitrogen and oxygen atoms in total. The van der Waals surface area contributed by atoms with Gasteiger partial charge in [0.25, 0.3) is 0 Å². The van der Waals surface area contributed by atoms with E-state index in [9.17, 15) is 5.11 Å². The van der Waals surface area contributed by atoms with Crippen LogP contribution in [0, 0.1) is 0 Å². The van der Waals surface area contributed by atoms with Crippen LogP contribution in [0.2, 0.25) is 0 Å². The summed E-state index contributed by atoms with van der Waals surface area (Å²) in [6, 6.07) is 4.05. The topological polar surface area (TPSA) is 51.2 Å². The van der Waals surface area contributed by atoms with E-state index in [4.69, 9.17) is 14.2 Å². The first-order valence-electron chi connectivity index (χ1n) is 7.78. The minimum absolute atomic E-state index is 0.237. The van der Waals surface area contributed by atoms with Gasteiger partial charge in [-0.1, -0.05) is 12.8 Å². The molecule has 21 heavy (non-hydrogen) atoms. The molecule has 0 aromatic heterocycles. The minimum atomic E-state index is 0.237. The summed E-state index contributed by atoms with van der Waals surface area (Å²) < 4.78 is 16.6. The van der Waals surface area contributed by atoms with Gasteiger partial charge in [-0.2, -0.15) is 0 Å². The largest absolute Gasteiger partial charge is 0.507 e. The predicted molar refractivity (Wildman–Crippen MR) is 76.6 cm³/mol. The fraction of sp³-hybridized carbons (Fsp3) is 0.625. The fourth-order valence-electron chi connectivity index (χ4n) is 3.69. The van der Waals surface area contributed by atoms with Crippen molar-refractivity contribution >= 4 is 0 Å². The summed E-state index contributed by atoms with van der Waals surface area (Å²) in [5.41, 5.74) is 0.908. The molecule has 1 N–H and O–H groups in total. The second-order valence-corrected chi connectivity index (χ2v) is 6.07. The van der Waals surface area contributed by atoms with Crippen LogP contribution in [0.4, 0.5) is 0 Å². The van der Waals surface area contributed by atoms with E-state index in [1.165, 1.54) is 19.3 Å². The number of phenols is 1. The van der Waals surface area contributed by atoms with Crippen molar-refractivity contribution in [2.24, 2.45) is 0 Å². The zero-order valence-corrected chi connectivity index (χ0v) is 12.1. The van der Waals surface area contributed by atoms with Gasteiger partial charge in [0, 0.05) is 30.8 Å². The maximum atomic E-state index is 10.2. The molecule has 1 aromatic rings. The number of hydrogen-bond donors (Lipinski definition) is 1. The quantitative estimate of drug-likeness (QED) is 0.906. The van der Waals surface area contributed by atoms with Crippen LogP contribution < -0.4 is 9.47 Å². The van der Waals surface area contributed by atoms with Crippen molar-refractivity contribution in [1.29, 1.82) is 0 Å². The first kappa shape index (κ1) is 13.2. The zero-order chi connectivity index (χ0) is 14.2. The zero-order valence-electron chi connectivity index (χ0n) is 12.1. The highest BCUT2D eigenvalue weighted by molar-refractivity contribution is 5.51. The molecular formula is C16H21NO4. The van der Waals surface area contributed by atoms with Gasteiger partial charge in [-0.15, -0.1) is 0 Å². The molecule has 0 unspecified atom stereocenters.